The minimum Gasteiger partial charge on any atom is -0.455 e. The Bertz CT molecular complexity index is 1030. The van der Waals surface area contributed by atoms with Crippen LogP contribution in [0.1, 0.15) is 98.3 Å². The predicted molar refractivity (Wildman–Crippen MR) is 161 cm³/mol. The number of aliphatic hydroxyl groups is 2. The maximum atomic E-state index is 12.9. The van der Waals surface area contributed by atoms with Crippen molar-refractivity contribution in [2.24, 2.45) is 5.92 Å². The number of rotatable bonds is 7. The molecule has 2 bridgehead atoms. The molecular formula is C34H50O7. The minimum atomic E-state index is -0.903. The second kappa shape index (κ2) is 17.4. The molecule has 0 aromatic carbocycles. The van der Waals surface area contributed by atoms with E-state index >= 15 is 0 Å². The van der Waals surface area contributed by atoms with Crippen LogP contribution in [0.15, 0.2) is 59.8 Å². The summed E-state index contributed by atoms with van der Waals surface area (Å²) in [7, 11) is 0. The van der Waals surface area contributed by atoms with Gasteiger partial charge in [-0.1, -0.05) is 57.2 Å². The SMILES string of the molecule is C=C1CC/C=C(\C)[C@@H](O)CC(=O)[C@H](C)CC(=O)C[C@H]2CC[C@@H](O2)[C@H](/C=C/C=C(\C)[C@@H](O)C(=C)CCCC)OC(=O)C1. The van der Waals surface area contributed by atoms with Gasteiger partial charge in [-0.2, -0.15) is 0 Å². The number of ether oxygens (including phenoxy) is 2. The van der Waals surface area contributed by atoms with Gasteiger partial charge in [0.05, 0.1) is 30.8 Å². The van der Waals surface area contributed by atoms with Crippen molar-refractivity contribution in [1.82, 2.24) is 0 Å². The van der Waals surface area contributed by atoms with E-state index < -0.39 is 36.3 Å². The van der Waals surface area contributed by atoms with Gasteiger partial charge in [-0.25, -0.2) is 0 Å². The molecule has 0 amide bonds. The first-order chi connectivity index (χ1) is 19.4. The molecule has 2 heterocycles. The summed E-state index contributed by atoms with van der Waals surface area (Å²) < 4.78 is 12.0. The van der Waals surface area contributed by atoms with E-state index in [9.17, 15) is 24.6 Å². The van der Waals surface area contributed by atoms with Gasteiger partial charge in [0.2, 0.25) is 0 Å². The molecular weight excluding hydrogens is 520 g/mol. The highest BCUT2D eigenvalue weighted by atomic mass is 16.6. The molecule has 0 unspecified atom stereocenters. The Labute approximate surface area is 246 Å². The Balaban J connectivity index is 2.21. The third-order valence-electron chi connectivity index (χ3n) is 7.92. The van der Waals surface area contributed by atoms with Crippen molar-refractivity contribution in [1.29, 1.82) is 0 Å². The van der Waals surface area contributed by atoms with Crippen LogP contribution in [0.3, 0.4) is 0 Å². The highest BCUT2D eigenvalue weighted by molar-refractivity contribution is 5.88. The van der Waals surface area contributed by atoms with E-state index in [4.69, 9.17) is 9.47 Å². The van der Waals surface area contributed by atoms with Crippen LogP contribution in [0.4, 0.5) is 0 Å². The zero-order valence-electron chi connectivity index (χ0n) is 25.4. The third-order valence-corrected chi connectivity index (χ3v) is 7.92. The van der Waals surface area contributed by atoms with Crippen LogP contribution in [0.25, 0.3) is 0 Å². The molecule has 0 aromatic heterocycles. The summed E-state index contributed by atoms with van der Waals surface area (Å²) in [5, 5.41) is 21.0. The largest absolute Gasteiger partial charge is 0.455 e. The van der Waals surface area contributed by atoms with E-state index in [1.54, 1.807) is 32.1 Å². The van der Waals surface area contributed by atoms with E-state index in [2.05, 4.69) is 20.1 Å². The molecule has 2 aliphatic heterocycles. The van der Waals surface area contributed by atoms with Gasteiger partial charge in [0.15, 0.2) is 0 Å². The molecule has 6 atom stereocenters. The lowest BCUT2D eigenvalue weighted by Gasteiger charge is -2.22. The van der Waals surface area contributed by atoms with Crippen LogP contribution in [0, 0.1) is 5.92 Å². The summed E-state index contributed by atoms with van der Waals surface area (Å²) >= 11 is 0. The molecule has 7 nitrogen and oxygen atoms in total. The van der Waals surface area contributed by atoms with Crippen LogP contribution < -0.4 is 0 Å². The molecule has 0 aromatic rings. The van der Waals surface area contributed by atoms with Gasteiger partial charge in [-0.15, -0.1) is 0 Å². The first-order valence-electron chi connectivity index (χ1n) is 15.0. The van der Waals surface area contributed by atoms with E-state index in [1.807, 2.05) is 13.0 Å². The fourth-order valence-electron chi connectivity index (χ4n) is 5.11. The van der Waals surface area contributed by atoms with Crippen LogP contribution in [0.5, 0.6) is 0 Å². The average molecular weight is 571 g/mol. The summed E-state index contributed by atoms with van der Waals surface area (Å²) in [4.78, 5) is 38.3. The van der Waals surface area contributed by atoms with Gasteiger partial charge < -0.3 is 19.7 Å². The van der Waals surface area contributed by atoms with Gasteiger partial charge in [-0.3, -0.25) is 14.4 Å². The van der Waals surface area contributed by atoms with E-state index in [-0.39, 0.29) is 43.4 Å². The summed E-state index contributed by atoms with van der Waals surface area (Å²) in [6.45, 7) is 15.5. The Morgan fingerprint density at radius 2 is 1.93 bits per heavy atom. The van der Waals surface area contributed by atoms with E-state index in [0.29, 0.717) is 36.8 Å². The first kappa shape index (κ1) is 34.6. The number of carbonyl (C=O) groups excluding carboxylic acids is 3. The van der Waals surface area contributed by atoms with Gasteiger partial charge in [0.1, 0.15) is 17.7 Å². The molecule has 0 aliphatic carbocycles. The monoisotopic (exact) mass is 570 g/mol. The summed E-state index contributed by atoms with van der Waals surface area (Å²) in [5.74, 6) is -1.10. The topological polar surface area (TPSA) is 110 Å². The number of unbranched alkanes of at least 4 members (excludes halogenated alkanes) is 1. The fraction of sp³-hybridized carbons (Fsp3) is 0.618. The molecule has 2 rings (SSSR count). The molecule has 41 heavy (non-hydrogen) atoms. The number of cyclic esters (lactones) is 1. The highest BCUT2D eigenvalue weighted by Crippen LogP contribution is 2.28. The molecule has 228 valence electrons. The lowest BCUT2D eigenvalue weighted by atomic mass is 9.92. The van der Waals surface area contributed by atoms with Crippen molar-refractivity contribution >= 4 is 17.5 Å². The maximum Gasteiger partial charge on any atom is 0.310 e. The number of Topliss-reactive ketones (excluding diaryl/α,β-unsaturated/α-hetero) is 2. The molecule has 2 aliphatic rings. The Morgan fingerprint density at radius 3 is 2.63 bits per heavy atom. The molecule has 7 heteroatoms. The predicted octanol–water partition coefficient (Wildman–Crippen LogP) is 6.05. The Kier molecular flexibility index (Phi) is 14.7. The second-order valence-electron chi connectivity index (χ2n) is 11.7. The standard InChI is InChI=1S/C34H50O7/c1-7-8-12-24(4)34(39)25(5)14-10-15-31-32-17-16-28(40-32)20-27(35)19-26(6)30(37)21-29(36)23(3)13-9-11-22(2)18-33(38)41-31/h10,13-15,26,28-29,31-32,34,36,39H,2,4,7-9,11-12,16-21H2,1,3,5-6H3/b15-10+,23-13+,25-14+/t26-,28-,29+,31+,32-,34+/m1/s1. The first-order valence-corrected chi connectivity index (χ1v) is 15.0. The van der Waals surface area contributed by atoms with E-state index in [1.165, 1.54) is 0 Å². The average Bonchev–Trinajstić information content (AvgIpc) is 3.37. The molecule has 0 radical (unpaired) electrons. The summed E-state index contributed by atoms with van der Waals surface area (Å²) in [5.41, 5.74) is 2.90. The molecule has 1 fully saturated rings. The quantitative estimate of drug-likeness (QED) is 0.218. The fourth-order valence-corrected chi connectivity index (χ4v) is 5.11. The number of aliphatic hydroxyl groups excluding tert-OH is 2. The van der Waals surface area contributed by atoms with E-state index in [0.717, 1.165) is 30.4 Å². The second-order valence-corrected chi connectivity index (χ2v) is 11.7. The van der Waals surface area contributed by atoms with Crippen molar-refractivity contribution in [2.45, 2.75) is 129 Å². The van der Waals surface area contributed by atoms with Gasteiger partial charge in [0.25, 0.3) is 0 Å². The number of ketones is 2. The maximum absolute atomic E-state index is 12.9. The lowest BCUT2D eigenvalue weighted by Crippen LogP contribution is -2.30. The van der Waals surface area contributed by atoms with Gasteiger partial charge in [0, 0.05) is 25.2 Å². The van der Waals surface area contributed by atoms with Gasteiger partial charge in [-0.05, 0) is 75.2 Å². The number of hydrogen-bond acceptors (Lipinski definition) is 7. The highest BCUT2D eigenvalue weighted by Gasteiger charge is 2.34. The van der Waals surface area contributed by atoms with Crippen LogP contribution >= 0.6 is 0 Å². The van der Waals surface area contributed by atoms with Crippen molar-refractivity contribution < 1.29 is 34.1 Å². The number of esters is 1. The lowest BCUT2D eigenvalue weighted by molar-refractivity contribution is -0.152. The smallest absolute Gasteiger partial charge is 0.310 e. The van der Waals surface area contributed by atoms with Crippen LogP contribution in [0.2, 0.25) is 0 Å². The summed E-state index contributed by atoms with van der Waals surface area (Å²) in [6, 6.07) is 0. The number of allylic oxidation sites excluding steroid dienone is 3. The Morgan fingerprint density at radius 1 is 1.20 bits per heavy atom. The zero-order chi connectivity index (χ0) is 30.5. The number of carbonyl (C=O) groups is 3. The van der Waals surface area contributed by atoms with Crippen LogP contribution in [-0.4, -0.2) is 58.3 Å². The molecule has 2 N–H and O–H groups in total. The molecule has 1 saturated heterocycles. The molecule has 0 spiro atoms. The van der Waals surface area contributed by atoms with Crippen LogP contribution in [-0.2, 0) is 23.9 Å². The minimum absolute atomic E-state index is 0.0299. The van der Waals surface area contributed by atoms with Crippen molar-refractivity contribution in [2.75, 3.05) is 0 Å². The molecule has 0 saturated carbocycles. The van der Waals surface area contributed by atoms with Crippen molar-refractivity contribution in [3.8, 4) is 0 Å². The number of hydrogen-bond donors (Lipinski definition) is 2. The van der Waals surface area contributed by atoms with Gasteiger partial charge >= 0.3 is 5.97 Å². The van der Waals surface area contributed by atoms with Crippen molar-refractivity contribution in [3.63, 3.8) is 0 Å². The number of fused-ring (bicyclic) bond motifs is 2. The Hall–Kier alpha value is -2.61. The van der Waals surface area contributed by atoms with Crippen molar-refractivity contribution in [3.05, 3.63) is 59.8 Å². The third kappa shape index (κ3) is 12.0. The zero-order valence-corrected chi connectivity index (χ0v) is 25.4. The summed E-state index contributed by atoms with van der Waals surface area (Å²) in [6.07, 6.45) is 9.57. The normalized spacial score (nSPS) is 30.2.